The van der Waals surface area contributed by atoms with Gasteiger partial charge in [0.15, 0.2) is 6.10 Å². The molecule has 0 aromatic rings. The molecule has 0 saturated carbocycles. The van der Waals surface area contributed by atoms with E-state index in [2.05, 4.69) is 142 Å². The third-order valence-electron chi connectivity index (χ3n) is 13.7. The third kappa shape index (κ3) is 62.7. The highest BCUT2D eigenvalue weighted by molar-refractivity contribution is 5.71. The van der Waals surface area contributed by atoms with Gasteiger partial charge in [0.2, 0.25) is 0 Å². The smallest absolute Gasteiger partial charge is 0.306 e. The van der Waals surface area contributed by atoms with E-state index in [-0.39, 0.29) is 31.1 Å². The van der Waals surface area contributed by atoms with Gasteiger partial charge in [0, 0.05) is 19.3 Å². The van der Waals surface area contributed by atoms with Gasteiger partial charge in [-0.2, -0.15) is 0 Å². The highest BCUT2D eigenvalue weighted by Crippen LogP contribution is 2.16. The molecule has 78 heavy (non-hydrogen) atoms. The van der Waals surface area contributed by atoms with Gasteiger partial charge in [-0.25, -0.2) is 0 Å². The van der Waals surface area contributed by atoms with E-state index >= 15 is 0 Å². The van der Waals surface area contributed by atoms with Crippen molar-refractivity contribution < 1.29 is 28.6 Å². The van der Waals surface area contributed by atoms with Crippen molar-refractivity contribution in [3.8, 4) is 0 Å². The number of hydrogen-bond donors (Lipinski definition) is 0. The first-order valence-electron chi connectivity index (χ1n) is 32.5. The average molecular weight is 1080 g/mol. The molecule has 444 valence electrons. The van der Waals surface area contributed by atoms with Gasteiger partial charge in [0.25, 0.3) is 0 Å². The minimum atomic E-state index is -0.788. The summed E-state index contributed by atoms with van der Waals surface area (Å²) in [5, 5.41) is 0. The number of carbonyl (C=O) groups is 3. The van der Waals surface area contributed by atoms with E-state index in [0.717, 1.165) is 135 Å². The molecule has 0 radical (unpaired) electrons. The van der Waals surface area contributed by atoms with Gasteiger partial charge in [0.05, 0.1) is 0 Å². The Bertz CT molecular complexity index is 1620. The molecule has 0 aromatic carbocycles. The topological polar surface area (TPSA) is 78.9 Å². The molecule has 0 aliphatic rings. The average Bonchev–Trinajstić information content (AvgIpc) is 3.44. The molecule has 0 bridgehead atoms. The van der Waals surface area contributed by atoms with E-state index < -0.39 is 6.10 Å². The van der Waals surface area contributed by atoms with Crippen LogP contribution in [0.4, 0.5) is 0 Å². The summed E-state index contributed by atoms with van der Waals surface area (Å²) in [7, 11) is 0. The molecule has 0 amide bonds. The Morgan fingerprint density at radius 2 is 0.526 bits per heavy atom. The number of ether oxygens (including phenoxy) is 3. The molecule has 1 unspecified atom stereocenters. The van der Waals surface area contributed by atoms with Gasteiger partial charge >= 0.3 is 17.9 Å². The molecule has 0 aliphatic carbocycles. The molecular weight excluding hydrogens is 961 g/mol. The van der Waals surface area contributed by atoms with Crippen molar-refractivity contribution in [2.45, 2.75) is 303 Å². The molecule has 0 aliphatic heterocycles. The van der Waals surface area contributed by atoms with Crippen LogP contribution in [-0.2, 0) is 28.6 Å². The zero-order valence-corrected chi connectivity index (χ0v) is 50.9. The quantitative estimate of drug-likeness (QED) is 0.0261. The van der Waals surface area contributed by atoms with Crippen LogP contribution in [0.1, 0.15) is 297 Å². The maximum Gasteiger partial charge on any atom is 0.306 e. The van der Waals surface area contributed by atoms with Gasteiger partial charge in [-0.05, 0) is 128 Å². The van der Waals surface area contributed by atoms with E-state index in [4.69, 9.17) is 14.2 Å². The number of allylic oxidation sites excluding steroid dienone is 20. The molecule has 0 aromatic heterocycles. The molecule has 0 spiro atoms. The predicted molar refractivity (Wildman–Crippen MR) is 339 cm³/mol. The monoisotopic (exact) mass is 1080 g/mol. The van der Waals surface area contributed by atoms with Crippen LogP contribution in [0.15, 0.2) is 122 Å². The van der Waals surface area contributed by atoms with Crippen LogP contribution in [0.3, 0.4) is 0 Å². The molecule has 1 atom stereocenters. The van der Waals surface area contributed by atoms with E-state index in [1.54, 1.807) is 0 Å². The molecular formula is C72H120O6. The highest BCUT2D eigenvalue weighted by atomic mass is 16.6. The molecule has 0 rings (SSSR count). The Balaban J connectivity index is 4.19. The maximum absolute atomic E-state index is 12.9. The molecule has 0 fully saturated rings. The second kappa shape index (κ2) is 65.3. The summed E-state index contributed by atoms with van der Waals surface area (Å²) in [4.78, 5) is 38.2. The summed E-state index contributed by atoms with van der Waals surface area (Å²) < 4.78 is 16.9. The molecule has 6 nitrogen and oxygen atoms in total. The van der Waals surface area contributed by atoms with Crippen LogP contribution >= 0.6 is 0 Å². The van der Waals surface area contributed by atoms with Crippen LogP contribution in [-0.4, -0.2) is 37.2 Å². The third-order valence-corrected chi connectivity index (χ3v) is 13.7. The van der Waals surface area contributed by atoms with E-state index in [1.165, 1.54) is 122 Å². The fourth-order valence-corrected chi connectivity index (χ4v) is 8.81. The number of unbranched alkanes of at least 4 members (excludes halogenated alkanes) is 27. The summed E-state index contributed by atoms with van der Waals surface area (Å²) in [6.45, 7) is 6.43. The Labute approximate surface area is 482 Å². The predicted octanol–water partition coefficient (Wildman–Crippen LogP) is 22.4. The minimum absolute atomic E-state index is 0.0861. The first-order chi connectivity index (χ1) is 38.5. The number of hydrogen-bond acceptors (Lipinski definition) is 6. The maximum atomic E-state index is 12.9. The fraction of sp³-hybridized carbons (Fsp3) is 0.681. The second-order valence-corrected chi connectivity index (χ2v) is 21.3. The Kier molecular flexibility index (Phi) is 61.8. The van der Waals surface area contributed by atoms with Crippen molar-refractivity contribution in [2.75, 3.05) is 13.2 Å². The lowest BCUT2D eigenvalue weighted by molar-refractivity contribution is -0.167. The molecule has 0 N–H and O–H groups in total. The Morgan fingerprint density at radius 3 is 0.846 bits per heavy atom. The standard InChI is InChI=1S/C72H120O6/c1-4-7-10-13-16-19-22-24-26-28-29-30-31-32-33-34-35-36-37-38-39-40-41-42-43-45-46-48-50-53-56-59-62-65-71(74)77-68-69(67-76-70(73)64-61-58-55-52-21-18-15-12-9-6-3)78-72(75)66-63-60-57-54-51-49-47-44-27-25-23-20-17-14-11-8-5-2/h7,10,12,15-17,19-20,24-27,29-30,32-33,35-36,38-39,69H,4-6,8-9,11,13-14,18,21-23,28,31,34,37,40-68H2,1-3H3/b10-7-,15-12-,19-16-,20-17-,26-24-,27-25-,30-29-,33-32-,36-35-,39-38-. The fourth-order valence-electron chi connectivity index (χ4n) is 8.81. The zero-order valence-electron chi connectivity index (χ0n) is 50.9. The van der Waals surface area contributed by atoms with Crippen molar-refractivity contribution in [2.24, 2.45) is 0 Å². The van der Waals surface area contributed by atoms with Gasteiger partial charge in [-0.15, -0.1) is 0 Å². The Hall–Kier alpha value is -4.19. The molecule has 6 heteroatoms. The lowest BCUT2D eigenvalue weighted by Crippen LogP contribution is -2.30. The SMILES string of the molecule is CC/C=C\C/C=C\C/C=C\C/C=C\C/C=C\C/C=C\C/C=C\CCCCCCCCCCCCCC(=O)OCC(COC(=O)CCCCCCC/C=C\CCC)OC(=O)CCCCCCCCC/C=C\C/C=C\CCCCC. The lowest BCUT2D eigenvalue weighted by Gasteiger charge is -2.18. The summed E-state index contributed by atoms with van der Waals surface area (Å²) >= 11 is 0. The first-order valence-corrected chi connectivity index (χ1v) is 32.5. The molecule has 0 heterocycles. The van der Waals surface area contributed by atoms with Crippen molar-refractivity contribution in [3.05, 3.63) is 122 Å². The van der Waals surface area contributed by atoms with E-state index in [1.807, 2.05) is 0 Å². The first kappa shape index (κ1) is 73.8. The van der Waals surface area contributed by atoms with Gasteiger partial charge in [-0.1, -0.05) is 271 Å². The van der Waals surface area contributed by atoms with Crippen molar-refractivity contribution >= 4 is 17.9 Å². The molecule has 0 saturated heterocycles. The summed E-state index contributed by atoms with van der Waals surface area (Å²) in [6.07, 6.45) is 90.7. The van der Waals surface area contributed by atoms with Crippen LogP contribution in [0.25, 0.3) is 0 Å². The number of carbonyl (C=O) groups excluding carboxylic acids is 3. The second-order valence-electron chi connectivity index (χ2n) is 21.3. The van der Waals surface area contributed by atoms with E-state index in [9.17, 15) is 14.4 Å². The van der Waals surface area contributed by atoms with Crippen LogP contribution in [0, 0.1) is 0 Å². The summed E-state index contributed by atoms with van der Waals surface area (Å²) in [5.74, 6) is -0.903. The van der Waals surface area contributed by atoms with Crippen molar-refractivity contribution in [1.82, 2.24) is 0 Å². The largest absolute Gasteiger partial charge is 0.462 e. The summed E-state index contributed by atoms with van der Waals surface area (Å²) in [6, 6.07) is 0. The van der Waals surface area contributed by atoms with Crippen molar-refractivity contribution in [3.63, 3.8) is 0 Å². The van der Waals surface area contributed by atoms with Crippen molar-refractivity contribution in [1.29, 1.82) is 0 Å². The van der Waals surface area contributed by atoms with Gasteiger partial charge in [0.1, 0.15) is 13.2 Å². The van der Waals surface area contributed by atoms with Crippen LogP contribution in [0.5, 0.6) is 0 Å². The number of esters is 3. The highest BCUT2D eigenvalue weighted by Gasteiger charge is 2.19. The zero-order chi connectivity index (χ0) is 56.4. The minimum Gasteiger partial charge on any atom is -0.462 e. The lowest BCUT2D eigenvalue weighted by atomic mass is 10.0. The van der Waals surface area contributed by atoms with Crippen LogP contribution in [0.2, 0.25) is 0 Å². The summed E-state index contributed by atoms with van der Waals surface area (Å²) in [5.41, 5.74) is 0. The normalized spacial score (nSPS) is 12.9. The van der Waals surface area contributed by atoms with Crippen LogP contribution < -0.4 is 0 Å². The Morgan fingerprint density at radius 1 is 0.269 bits per heavy atom. The number of rotatable bonds is 58. The van der Waals surface area contributed by atoms with Gasteiger partial charge in [-0.3, -0.25) is 14.4 Å². The van der Waals surface area contributed by atoms with E-state index in [0.29, 0.717) is 19.3 Å². The van der Waals surface area contributed by atoms with Gasteiger partial charge < -0.3 is 14.2 Å².